The molecule has 0 aromatic heterocycles. The molecule has 3 aromatic carbocycles. The van der Waals surface area contributed by atoms with Crippen LogP contribution in [0.1, 0.15) is 24.5 Å². The molecule has 1 N–H and O–H groups in total. The second kappa shape index (κ2) is 13.4. The summed E-state index contributed by atoms with van der Waals surface area (Å²) in [6, 6.07) is 20.2. The van der Waals surface area contributed by atoms with Gasteiger partial charge in [-0.1, -0.05) is 73.1 Å². The summed E-state index contributed by atoms with van der Waals surface area (Å²) in [4.78, 5) is 28.5. The van der Waals surface area contributed by atoms with Crippen LogP contribution in [0.15, 0.2) is 78.9 Å². The second-order valence-electron chi connectivity index (χ2n) is 8.86. The fraction of sp³-hybridized carbons (Fsp3) is 0.286. The first kappa shape index (κ1) is 29.1. The Balaban J connectivity index is 2.05. The zero-order valence-electron chi connectivity index (χ0n) is 21.3. The molecule has 202 valence electrons. The van der Waals surface area contributed by atoms with E-state index in [0.29, 0.717) is 18.0 Å². The molecule has 0 spiro atoms. The van der Waals surface area contributed by atoms with Crippen LogP contribution in [0.5, 0.6) is 0 Å². The van der Waals surface area contributed by atoms with Crippen molar-refractivity contribution in [3.8, 4) is 0 Å². The predicted octanol–water partition coefficient (Wildman–Crippen LogP) is 4.41. The second-order valence-corrected chi connectivity index (χ2v) is 11.2. The summed E-state index contributed by atoms with van der Waals surface area (Å²) in [5, 5.41) is 3.13. The van der Waals surface area contributed by atoms with Gasteiger partial charge in [-0.05, 0) is 36.2 Å². The molecule has 7 nitrogen and oxygen atoms in total. The summed E-state index contributed by atoms with van der Waals surface area (Å²) in [6.45, 7) is 1.48. The first-order chi connectivity index (χ1) is 18.1. The number of hydrogen-bond donors (Lipinski definition) is 1. The van der Waals surface area contributed by atoms with Crippen LogP contribution >= 0.6 is 11.6 Å². The molecule has 0 radical (unpaired) electrons. The van der Waals surface area contributed by atoms with Crippen molar-refractivity contribution in [3.63, 3.8) is 0 Å². The van der Waals surface area contributed by atoms with Crippen LogP contribution in [0.25, 0.3) is 0 Å². The van der Waals surface area contributed by atoms with E-state index in [9.17, 15) is 22.4 Å². The minimum absolute atomic E-state index is 0.159. The smallest absolute Gasteiger partial charge is 0.244 e. The van der Waals surface area contributed by atoms with Crippen molar-refractivity contribution in [3.05, 3.63) is 101 Å². The summed E-state index contributed by atoms with van der Waals surface area (Å²) >= 11 is 6.08. The van der Waals surface area contributed by atoms with Crippen molar-refractivity contribution in [2.75, 3.05) is 23.7 Å². The van der Waals surface area contributed by atoms with E-state index in [-0.39, 0.29) is 24.2 Å². The van der Waals surface area contributed by atoms with Crippen LogP contribution in [-0.4, -0.2) is 50.5 Å². The molecule has 0 aliphatic heterocycles. The molecule has 0 bridgehead atoms. The Labute approximate surface area is 228 Å². The standard InChI is InChI=1S/C28H31ClFN3O4S/c1-3-16-31-28(35)26(17-21-10-5-4-6-11-21)32(19-22-12-7-8-15-25(22)30)27(34)20-33(38(2,36)37)24-14-9-13-23(29)18-24/h4-15,18,26H,3,16-17,19-20H2,1-2H3,(H,31,35). The van der Waals surface area contributed by atoms with Gasteiger partial charge in [-0.2, -0.15) is 0 Å². The Morgan fingerprint density at radius 1 is 1.00 bits per heavy atom. The zero-order valence-corrected chi connectivity index (χ0v) is 22.9. The Hall–Kier alpha value is -3.43. The predicted molar refractivity (Wildman–Crippen MR) is 148 cm³/mol. The third-order valence-electron chi connectivity index (χ3n) is 5.89. The van der Waals surface area contributed by atoms with Crippen LogP contribution in [0.2, 0.25) is 5.02 Å². The largest absolute Gasteiger partial charge is 0.354 e. The van der Waals surface area contributed by atoms with Gasteiger partial charge in [0.2, 0.25) is 21.8 Å². The zero-order chi connectivity index (χ0) is 27.7. The minimum Gasteiger partial charge on any atom is -0.354 e. The molecule has 38 heavy (non-hydrogen) atoms. The van der Waals surface area contributed by atoms with E-state index >= 15 is 0 Å². The molecule has 3 rings (SSSR count). The molecular formula is C28H31ClFN3O4S. The van der Waals surface area contributed by atoms with Crippen molar-refractivity contribution in [2.24, 2.45) is 0 Å². The third-order valence-corrected chi connectivity index (χ3v) is 7.27. The van der Waals surface area contributed by atoms with Crippen LogP contribution in [-0.2, 0) is 32.6 Å². The van der Waals surface area contributed by atoms with Crippen LogP contribution < -0.4 is 9.62 Å². The summed E-state index contributed by atoms with van der Waals surface area (Å²) in [5.74, 6) is -1.60. The van der Waals surface area contributed by atoms with Crippen LogP contribution in [0, 0.1) is 5.82 Å². The number of nitrogens with zero attached hydrogens (tertiary/aromatic N) is 2. The van der Waals surface area contributed by atoms with Crippen molar-refractivity contribution in [1.29, 1.82) is 0 Å². The summed E-state index contributed by atoms with van der Waals surface area (Å²) in [6.07, 6.45) is 1.83. The molecule has 0 aliphatic carbocycles. The molecule has 2 amide bonds. The molecule has 0 aliphatic rings. The third kappa shape index (κ3) is 8.03. The van der Waals surface area contributed by atoms with Gasteiger partial charge in [-0.15, -0.1) is 0 Å². The average molecular weight is 560 g/mol. The number of benzene rings is 3. The number of carbonyl (C=O) groups excluding carboxylic acids is 2. The Bertz CT molecular complexity index is 1350. The lowest BCUT2D eigenvalue weighted by Gasteiger charge is -2.33. The van der Waals surface area contributed by atoms with Gasteiger partial charge in [0.15, 0.2) is 0 Å². The number of halogens is 2. The molecule has 0 heterocycles. The van der Waals surface area contributed by atoms with Gasteiger partial charge in [0.05, 0.1) is 11.9 Å². The van der Waals surface area contributed by atoms with Crippen molar-refractivity contribution >= 4 is 39.1 Å². The summed E-state index contributed by atoms with van der Waals surface area (Å²) in [7, 11) is -3.91. The van der Waals surface area contributed by atoms with Gasteiger partial charge in [-0.3, -0.25) is 13.9 Å². The van der Waals surface area contributed by atoms with E-state index in [2.05, 4.69) is 5.32 Å². The number of sulfonamides is 1. The molecule has 0 saturated carbocycles. The maximum Gasteiger partial charge on any atom is 0.244 e. The number of carbonyl (C=O) groups is 2. The molecule has 1 atom stereocenters. The Morgan fingerprint density at radius 2 is 1.68 bits per heavy atom. The molecule has 0 fully saturated rings. The fourth-order valence-corrected chi connectivity index (χ4v) is 5.00. The van der Waals surface area contributed by atoms with Gasteiger partial charge in [0.25, 0.3) is 0 Å². The van der Waals surface area contributed by atoms with E-state index in [0.717, 1.165) is 16.1 Å². The molecule has 10 heteroatoms. The van der Waals surface area contributed by atoms with E-state index < -0.39 is 40.2 Å². The first-order valence-electron chi connectivity index (χ1n) is 12.2. The molecule has 3 aromatic rings. The number of amides is 2. The number of hydrogen-bond acceptors (Lipinski definition) is 4. The maximum absolute atomic E-state index is 14.7. The van der Waals surface area contributed by atoms with Gasteiger partial charge in [-0.25, -0.2) is 12.8 Å². The Morgan fingerprint density at radius 3 is 2.32 bits per heavy atom. The topological polar surface area (TPSA) is 86.8 Å². The lowest BCUT2D eigenvalue weighted by molar-refractivity contribution is -0.140. The molecular weight excluding hydrogens is 529 g/mol. The maximum atomic E-state index is 14.7. The highest BCUT2D eigenvalue weighted by atomic mass is 35.5. The molecule has 0 saturated heterocycles. The minimum atomic E-state index is -3.91. The van der Waals surface area contributed by atoms with E-state index in [1.54, 1.807) is 18.2 Å². The monoisotopic (exact) mass is 559 g/mol. The lowest BCUT2D eigenvalue weighted by atomic mass is 10.0. The van der Waals surface area contributed by atoms with Crippen LogP contribution in [0.4, 0.5) is 10.1 Å². The quantitative estimate of drug-likeness (QED) is 0.356. The summed E-state index contributed by atoms with van der Waals surface area (Å²) in [5.41, 5.74) is 1.20. The van der Waals surface area contributed by atoms with Gasteiger partial charge in [0, 0.05) is 30.1 Å². The average Bonchev–Trinajstić information content (AvgIpc) is 2.88. The van der Waals surface area contributed by atoms with Gasteiger partial charge < -0.3 is 10.2 Å². The highest BCUT2D eigenvalue weighted by Gasteiger charge is 2.33. The van der Waals surface area contributed by atoms with Crippen molar-refractivity contribution in [2.45, 2.75) is 32.4 Å². The highest BCUT2D eigenvalue weighted by molar-refractivity contribution is 7.92. The fourth-order valence-electron chi connectivity index (χ4n) is 3.98. The van der Waals surface area contributed by atoms with E-state index in [1.807, 2.05) is 37.3 Å². The number of nitrogens with one attached hydrogen (secondary N) is 1. The normalized spacial score (nSPS) is 12.0. The van der Waals surface area contributed by atoms with E-state index in [4.69, 9.17) is 11.6 Å². The molecule has 1 unspecified atom stereocenters. The van der Waals surface area contributed by atoms with Crippen molar-refractivity contribution in [1.82, 2.24) is 10.2 Å². The number of anilines is 1. The Kier molecular flexibility index (Phi) is 10.3. The van der Waals surface area contributed by atoms with E-state index in [1.165, 1.54) is 35.2 Å². The lowest BCUT2D eigenvalue weighted by Crippen LogP contribution is -2.53. The van der Waals surface area contributed by atoms with Crippen molar-refractivity contribution < 1.29 is 22.4 Å². The highest BCUT2D eigenvalue weighted by Crippen LogP contribution is 2.23. The number of rotatable bonds is 12. The van der Waals surface area contributed by atoms with Gasteiger partial charge >= 0.3 is 0 Å². The van der Waals surface area contributed by atoms with Crippen LogP contribution in [0.3, 0.4) is 0 Å². The van der Waals surface area contributed by atoms with Gasteiger partial charge in [0.1, 0.15) is 18.4 Å². The first-order valence-corrected chi connectivity index (χ1v) is 14.4. The SMILES string of the molecule is CCCNC(=O)C(Cc1ccccc1)N(Cc1ccccc1F)C(=O)CN(c1cccc(Cl)c1)S(C)(=O)=O. The summed E-state index contributed by atoms with van der Waals surface area (Å²) < 4.78 is 41.1.